The second-order valence-corrected chi connectivity index (χ2v) is 5.35. The SMILES string of the molecule is N=C(N)c1ccc(OCCSc2ccc(F)cc2F)cc1. The van der Waals surface area contributed by atoms with Gasteiger partial charge in [0.05, 0.1) is 6.61 Å². The van der Waals surface area contributed by atoms with Crippen LogP contribution in [0, 0.1) is 17.0 Å². The van der Waals surface area contributed by atoms with Crippen LogP contribution >= 0.6 is 11.8 Å². The first-order chi connectivity index (χ1) is 10.1. The highest BCUT2D eigenvalue weighted by Gasteiger charge is 2.04. The van der Waals surface area contributed by atoms with Crippen molar-refractivity contribution < 1.29 is 13.5 Å². The van der Waals surface area contributed by atoms with Crippen molar-refractivity contribution in [3.8, 4) is 5.75 Å². The van der Waals surface area contributed by atoms with Gasteiger partial charge in [-0.3, -0.25) is 5.41 Å². The van der Waals surface area contributed by atoms with E-state index in [1.54, 1.807) is 24.3 Å². The van der Waals surface area contributed by atoms with Crippen LogP contribution in [0.3, 0.4) is 0 Å². The Labute approximate surface area is 125 Å². The van der Waals surface area contributed by atoms with E-state index in [1.165, 1.54) is 23.9 Å². The van der Waals surface area contributed by atoms with Gasteiger partial charge in [-0.05, 0) is 36.4 Å². The molecule has 2 aromatic carbocycles. The van der Waals surface area contributed by atoms with Crippen LogP contribution in [0.25, 0.3) is 0 Å². The van der Waals surface area contributed by atoms with E-state index in [0.717, 1.165) is 6.07 Å². The third-order valence-corrected chi connectivity index (χ3v) is 3.68. The highest BCUT2D eigenvalue weighted by atomic mass is 32.2. The smallest absolute Gasteiger partial charge is 0.139 e. The first kappa shape index (κ1) is 15.3. The molecular weight excluding hydrogens is 294 g/mol. The van der Waals surface area contributed by atoms with Crippen LogP contribution < -0.4 is 10.5 Å². The molecule has 0 saturated carbocycles. The number of nitrogens with one attached hydrogen (secondary N) is 1. The summed E-state index contributed by atoms with van der Waals surface area (Å²) >= 11 is 1.26. The highest BCUT2D eigenvalue weighted by Crippen LogP contribution is 2.22. The minimum Gasteiger partial charge on any atom is -0.493 e. The van der Waals surface area contributed by atoms with Crippen molar-refractivity contribution in [3.63, 3.8) is 0 Å². The fourth-order valence-electron chi connectivity index (χ4n) is 1.63. The van der Waals surface area contributed by atoms with Crippen LogP contribution in [-0.2, 0) is 0 Å². The molecule has 0 unspecified atom stereocenters. The second kappa shape index (κ2) is 7.08. The van der Waals surface area contributed by atoms with Gasteiger partial charge in [0.15, 0.2) is 0 Å². The van der Waals surface area contributed by atoms with Crippen LogP contribution in [0.4, 0.5) is 8.78 Å². The number of thioether (sulfide) groups is 1. The molecule has 0 amide bonds. The molecule has 0 aliphatic carbocycles. The van der Waals surface area contributed by atoms with Gasteiger partial charge in [0.1, 0.15) is 23.2 Å². The van der Waals surface area contributed by atoms with E-state index in [4.69, 9.17) is 15.9 Å². The largest absolute Gasteiger partial charge is 0.493 e. The van der Waals surface area contributed by atoms with Crippen molar-refractivity contribution in [2.45, 2.75) is 4.90 Å². The Morgan fingerprint density at radius 2 is 1.86 bits per heavy atom. The molecule has 3 N–H and O–H groups in total. The third-order valence-electron chi connectivity index (χ3n) is 2.67. The average molecular weight is 308 g/mol. The molecule has 0 fully saturated rings. The molecule has 0 aliphatic rings. The summed E-state index contributed by atoms with van der Waals surface area (Å²) in [5.74, 6) is 0.0466. The molecule has 6 heteroatoms. The van der Waals surface area contributed by atoms with Gasteiger partial charge in [0.2, 0.25) is 0 Å². The first-order valence-electron chi connectivity index (χ1n) is 6.21. The lowest BCUT2D eigenvalue weighted by Gasteiger charge is -2.07. The average Bonchev–Trinajstić information content (AvgIpc) is 2.46. The molecule has 0 heterocycles. The van der Waals surface area contributed by atoms with Crippen LogP contribution in [0.2, 0.25) is 0 Å². The minimum atomic E-state index is -0.585. The third kappa shape index (κ3) is 4.46. The van der Waals surface area contributed by atoms with E-state index >= 15 is 0 Å². The van der Waals surface area contributed by atoms with Crippen molar-refractivity contribution in [2.75, 3.05) is 12.4 Å². The predicted octanol–water partition coefficient (Wildman–Crippen LogP) is 3.42. The lowest BCUT2D eigenvalue weighted by molar-refractivity contribution is 0.344. The zero-order valence-corrected chi connectivity index (χ0v) is 11.9. The Bertz CT molecular complexity index is 632. The number of ether oxygens (including phenoxy) is 1. The molecule has 2 aromatic rings. The number of nitrogens with two attached hydrogens (primary N) is 1. The lowest BCUT2D eigenvalue weighted by atomic mass is 10.2. The summed E-state index contributed by atoms with van der Waals surface area (Å²) in [6.07, 6.45) is 0. The normalized spacial score (nSPS) is 10.4. The molecule has 0 bridgehead atoms. The van der Waals surface area contributed by atoms with Crippen LogP contribution in [-0.4, -0.2) is 18.2 Å². The number of nitrogen functional groups attached to an aromatic ring is 1. The molecule has 3 nitrogen and oxygen atoms in total. The number of rotatable bonds is 6. The van der Waals surface area contributed by atoms with Crippen molar-refractivity contribution in [3.05, 3.63) is 59.7 Å². The molecule has 0 atom stereocenters. The molecule has 0 radical (unpaired) electrons. The van der Waals surface area contributed by atoms with E-state index in [0.29, 0.717) is 28.6 Å². The van der Waals surface area contributed by atoms with Gasteiger partial charge in [0, 0.05) is 22.3 Å². The number of halogens is 2. The molecule has 0 saturated heterocycles. The number of hydrogen-bond donors (Lipinski definition) is 2. The monoisotopic (exact) mass is 308 g/mol. The second-order valence-electron chi connectivity index (χ2n) is 4.21. The van der Waals surface area contributed by atoms with Gasteiger partial charge in [-0.15, -0.1) is 11.8 Å². The minimum absolute atomic E-state index is 0.00360. The van der Waals surface area contributed by atoms with E-state index < -0.39 is 11.6 Å². The molecule has 110 valence electrons. The van der Waals surface area contributed by atoms with E-state index in [-0.39, 0.29) is 5.84 Å². The van der Waals surface area contributed by atoms with Crippen LogP contribution in [0.1, 0.15) is 5.56 Å². The summed E-state index contributed by atoms with van der Waals surface area (Å²) in [7, 11) is 0. The fraction of sp³-hybridized carbons (Fsp3) is 0.133. The summed E-state index contributed by atoms with van der Waals surface area (Å²) < 4.78 is 31.6. The van der Waals surface area contributed by atoms with Gasteiger partial charge in [-0.1, -0.05) is 0 Å². The van der Waals surface area contributed by atoms with E-state index in [2.05, 4.69) is 0 Å². The number of benzene rings is 2. The molecule has 2 rings (SSSR count). The fourth-order valence-corrected chi connectivity index (χ4v) is 2.38. The maximum Gasteiger partial charge on any atom is 0.139 e. The quantitative estimate of drug-likeness (QED) is 0.372. The Morgan fingerprint density at radius 3 is 2.48 bits per heavy atom. The Kier molecular flexibility index (Phi) is 5.16. The highest BCUT2D eigenvalue weighted by molar-refractivity contribution is 7.99. The number of amidine groups is 1. The maximum atomic E-state index is 13.4. The molecule has 0 aromatic heterocycles. The number of hydrogen-bond acceptors (Lipinski definition) is 3. The van der Waals surface area contributed by atoms with Crippen molar-refractivity contribution >= 4 is 17.6 Å². The zero-order valence-electron chi connectivity index (χ0n) is 11.1. The van der Waals surface area contributed by atoms with Crippen molar-refractivity contribution in [1.29, 1.82) is 5.41 Å². The van der Waals surface area contributed by atoms with Crippen molar-refractivity contribution in [1.82, 2.24) is 0 Å². The van der Waals surface area contributed by atoms with Gasteiger partial charge in [0.25, 0.3) is 0 Å². The van der Waals surface area contributed by atoms with Crippen molar-refractivity contribution in [2.24, 2.45) is 5.73 Å². The van der Waals surface area contributed by atoms with Gasteiger partial charge < -0.3 is 10.5 Å². The molecule has 0 spiro atoms. The molecule has 21 heavy (non-hydrogen) atoms. The summed E-state index contributed by atoms with van der Waals surface area (Å²) in [6, 6.07) is 10.3. The summed E-state index contributed by atoms with van der Waals surface area (Å²) in [5.41, 5.74) is 5.98. The van der Waals surface area contributed by atoms with Gasteiger partial charge in [-0.25, -0.2) is 8.78 Å². The van der Waals surface area contributed by atoms with Gasteiger partial charge >= 0.3 is 0 Å². The summed E-state index contributed by atoms with van der Waals surface area (Å²) in [5, 5.41) is 7.28. The Hall–Kier alpha value is -2.08. The Balaban J connectivity index is 1.80. The first-order valence-corrected chi connectivity index (χ1v) is 7.20. The topological polar surface area (TPSA) is 59.1 Å². The summed E-state index contributed by atoms with van der Waals surface area (Å²) in [4.78, 5) is 0.395. The van der Waals surface area contributed by atoms with Crippen LogP contribution in [0.5, 0.6) is 5.75 Å². The lowest BCUT2D eigenvalue weighted by Crippen LogP contribution is -2.10. The Morgan fingerprint density at radius 1 is 1.14 bits per heavy atom. The predicted molar refractivity (Wildman–Crippen MR) is 80.0 cm³/mol. The molecular formula is C15H14F2N2OS. The van der Waals surface area contributed by atoms with E-state index in [9.17, 15) is 8.78 Å². The van der Waals surface area contributed by atoms with Crippen LogP contribution in [0.15, 0.2) is 47.4 Å². The summed E-state index contributed by atoms with van der Waals surface area (Å²) in [6.45, 7) is 0.390. The molecule has 0 aliphatic heterocycles. The van der Waals surface area contributed by atoms with Gasteiger partial charge in [-0.2, -0.15) is 0 Å². The zero-order chi connectivity index (χ0) is 15.2. The maximum absolute atomic E-state index is 13.4. The van der Waals surface area contributed by atoms with E-state index in [1.807, 2.05) is 0 Å². The standard InChI is InChI=1S/C15H14F2N2OS/c16-11-3-6-14(13(17)9-11)21-8-7-20-12-4-1-10(2-5-12)15(18)19/h1-6,9H,7-8H2,(H3,18,19).